The highest BCUT2D eigenvalue weighted by Gasteiger charge is 2.33. The summed E-state index contributed by atoms with van der Waals surface area (Å²) in [5, 5.41) is 3.58. The predicted molar refractivity (Wildman–Crippen MR) is 128 cm³/mol. The minimum atomic E-state index is -0.545. The van der Waals surface area contributed by atoms with Gasteiger partial charge in [-0.2, -0.15) is 0 Å². The minimum absolute atomic E-state index is 0.00338. The summed E-state index contributed by atoms with van der Waals surface area (Å²) in [5.74, 6) is 0.297. The lowest BCUT2D eigenvalue weighted by atomic mass is 10.0. The van der Waals surface area contributed by atoms with Crippen LogP contribution in [0.15, 0.2) is 24.3 Å². The zero-order valence-corrected chi connectivity index (χ0v) is 20.7. The van der Waals surface area contributed by atoms with Crippen molar-refractivity contribution in [2.45, 2.75) is 26.0 Å². The molecular formula is C24H37ClN4O4. The predicted octanol–water partition coefficient (Wildman–Crippen LogP) is 1.64. The van der Waals surface area contributed by atoms with Gasteiger partial charge in [0.2, 0.25) is 5.91 Å². The van der Waals surface area contributed by atoms with Crippen molar-refractivity contribution in [3.63, 3.8) is 0 Å². The van der Waals surface area contributed by atoms with Crippen LogP contribution in [0.5, 0.6) is 0 Å². The third-order valence-electron chi connectivity index (χ3n) is 6.14. The van der Waals surface area contributed by atoms with Crippen LogP contribution in [-0.2, 0) is 19.1 Å². The van der Waals surface area contributed by atoms with Crippen LogP contribution in [-0.4, -0.2) is 105 Å². The molecule has 0 aromatic heterocycles. The molecule has 2 aliphatic heterocycles. The van der Waals surface area contributed by atoms with Crippen LogP contribution in [0.25, 0.3) is 0 Å². The highest BCUT2D eigenvalue weighted by Crippen LogP contribution is 2.29. The molecule has 3 rings (SSSR count). The van der Waals surface area contributed by atoms with Crippen molar-refractivity contribution < 1.29 is 19.1 Å². The van der Waals surface area contributed by atoms with Crippen LogP contribution in [0.4, 0.5) is 0 Å². The summed E-state index contributed by atoms with van der Waals surface area (Å²) in [6, 6.07) is 6.81. The van der Waals surface area contributed by atoms with Crippen LogP contribution in [0.2, 0.25) is 5.02 Å². The van der Waals surface area contributed by atoms with Crippen molar-refractivity contribution in [3.05, 3.63) is 34.9 Å². The van der Waals surface area contributed by atoms with Gasteiger partial charge in [-0.3, -0.25) is 19.5 Å². The summed E-state index contributed by atoms with van der Waals surface area (Å²) < 4.78 is 10.9. The first kappa shape index (κ1) is 25.9. The first-order valence-electron chi connectivity index (χ1n) is 11.8. The molecule has 0 bridgehead atoms. The molecule has 2 heterocycles. The number of esters is 1. The van der Waals surface area contributed by atoms with E-state index >= 15 is 0 Å². The SMILES string of the molecule is COC(=O)C(c1ccccc1Cl)N1CCN(CC(=O)NCC2CN(CC(C)C)CCO2)CC1. The van der Waals surface area contributed by atoms with E-state index in [0.717, 1.165) is 25.2 Å². The number of piperazine rings is 1. The van der Waals surface area contributed by atoms with Gasteiger partial charge in [0.25, 0.3) is 0 Å². The number of nitrogens with zero attached hydrogens (tertiary/aromatic N) is 3. The molecule has 0 aliphatic carbocycles. The number of rotatable bonds is 9. The number of benzene rings is 1. The van der Waals surface area contributed by atoms with Gasteiger partial charge in [0.1, 0.15) is 6.04 Å². The number of nitrogens with one attached hydrogen (secondary N) is 1. The maximum Gasteiger partial charge on any atom is 0.327 e. The molecule has 2 atom stereocenters. The summed E-state index contributed by atoms with van der Waals surface area (Å²) in [7, 11) is 1.39. The van der Waals surface area contributed by atoms with Gasteiger partial charge in [0.05, 0.1) is 26.4 Å². The second-order valence-corrected chi connectivity index (χ2v) is 9.62. The molecule has 2 fully saturated rings. The van der Waals surface area contributed by atoms with Crippen molar-refractivity contribution in [3.8, 4) is 0 Å². The van der Waals surface area contributed by atoms with Crippen molar-refractivity contribution in [1.82, 2.24) is 20.0 Å². The van der Waals surface area contributed by atoms with Gasteiger partial charge < -0.3 is 14.8 Å². The van der Waals surface area contributed by atoms with Gasteiger partial charge in [-0.05, 0) is 17.5 Å². The molecule has 2 saturated heterocycles. The van der Waals surface area contributed by atoms with E-state index < -0.39 is 6.04 Å². The molecule has 184 valence electrons. The largest absolute Gasteiger partial charge is 0.468 e. The van der Waals surface area contributed by atoms with E-state index in [4.69, 9.17) is 21.1 Å². The van der Waals surface area contributed by atoms with Gasteiger partial charge in [0.15, 0.2) is 0 Å². The van der Waals surface area contributed by atoms with Crippen LogP contribution in [0.3, 0.4) is 0 Å². The third-order valence-corrected chi connectivity index (χ3v) is 6.48. The molecule has 9 heteroatoms. The number of amides is 1. The Morgan fingerprint density at radius 2 is 1.88 bits per heavy atom. The Morgan fingerprint density at radius 3 is 2.55 bits per heavy atom. The molecule has 1 aromatic carbocycles. The summed E-state index contributed by atoms with van der Waals surface area (Å²) in [5.41, 5.74) is 0.746. The summed E-state index contributed by atoms with van der Waals surface area (Å²) in [4.78, 5) is 31.6. The van der Waals surface area contributed by atoms with Gasteiger partial charge in [-0.25, -0.2) is 4.79 Å². The minimum Gasteiger partial charge on any atom is -0.468 e. The second kappa shape index (κ2) is 12.7. The fraction of sp³-hybridized carbons (Fsp3) is 0.667. The molecule has 1 N–H and O–H groups in total. The number of ether oxygens (including phenoxy) is 2. The summed E-state index contributed by atoms with van der Waals surface area (Å²) in [6.07, 6.45) is 0.0368. The Kier molecular flexibility index (Phi) is 9.94. The number of hydrogen-bond donors (Lipinski definition) is 1. The molecule has 8 nitrogen and oxygen atoms in total. The van der Waals surface area contributed by atoms with Crippen molar-refractivity contribution >= 4 is 23.5 Å². The Labute approximate surface area is 202 Å². The molecule has 33 heavy (non-hydrogen) atoms. The highest BCUT2D eigenvalue weighted by atomic mass is 35.5. The standard InChI is InChI=1S/C24H37ClN4O4/c1-18(2)15-28-12-13-33-19(16-28)14-26-22(30)17-27-8-10-29(11-9-27)23(24(31)32-3)20-6-4-5-7-21(20)25/h4-7,18-19,23H,8-17H2,1-3H3,(H,26,30). The number of halogens is 1. The van der Waals surface area contributed by atoms with Gasteiger partial charge in [-0.1, -0.05) is 43.6 Å². The number of morpholine rings is 1. The summed E-state index contributed by atoms with van der Waals surface area (Å²) >= 11 is 6.36. The van der Waals surface area contributed by atoms with E-state index in [-0.39, 0.29) is 18.0 Å². The van der Waals surface area contributed by atoms with E-state index in [9.17, 15) is 9.59 Å². The van der Waals surface area contributed by atoms with Gasteiger partial charge in [-0.15, -0.1) is 0 Å². The highest BCUT2D eigenvalue weighted by molar-refractivity contribution is 6.31. The molecule has 0 radical (unpaired) electrons. The normalized spacial score (nSPS) is 21.7. The topological polar surface area (TPSA) is 74.4 Å². The molecule has 1 aromatic rings. The number of hydrogen-bond acceptors (Lipinski definition) is 7. The zero-order valence-electron chi connectivity index (χ0n) is 20.0. The average molecular weight is 481 g/mol. The first-order chi connectivity index (χ1) is 15.9. The molecule has 0 saturated carbocycles. The van der Waals surface area contributed by atoms with Crippen LogP contribution in [0, 0.1) is 5.92 Å². The molecule has 2 unspecified atom stereocenters. The second-order valence-electron chi connectivity index (χ2n) is 9.21. The fourth-order valence-electron chi connectivity index (χ4n) is 4.53. The van der Waals surface area contributed by atoms with Gasteiger partial charge in [0, 0.05) is 57.4 Å². The molecular weight excluding hydrogens is 444 g/mol. The lowest BCUT2D eigenvalue weighted by Gasteiger charge is -2.38. The monoisotopic (exact) mass is 480 g/mol. The van der Waals surface area contributed by atoms with Crippen LogP contribution < -0.4 is 5.32 Å². The lowest BCUT2D eigenvalue weighted by molar-refractivity contribution is -0.148. The average Bonchev–Trinajstić information content (AvgIpc) is 2.80. The number of carbonyl (C=O) groups excluding carboxylic acids is 2. The Hall–Kier alpha value is -1.71. The zero-order chi connectivity index (χ0) is 23.8. The van der Waals surface area contributed by atoms with E-state index in [1.165, 1.54) is 7.11 Å². The Bertz CT molecular complexity index is 785. The quantitative estimate of drug-likeness (QED) is 0.538. The van der Waals surface area contributed by atoms with E-state index in [2.05, 4.69) is 33.9 Å². The van der Waals surface area contributed by atoms with Crippen molar-refractivity contribution in [1.29, 1.82) is 0 Å². The molecule has 2 aliphatic rings. The first-order valence-corrected chi connectivity index (χ1v) is 12.1. The molecule has 1 amide bonds. The maximum atomic E-state index is 12.5. The van der Waals surface area contributed by atoms with Crippen LogP contribution in [0.1, 0.15) is 25.5 Å². The lowest BCUT2D eigenvalue weighted by Crippen LogP contribution is -2.53. The fourth-order valence-corrected chi connectivity index (χ4v) is 4.77. The van der Waals surface area contributed by atoms with E-state index in [1.54, 1.807) is 6.07 Å². The van der Waals surface area contributed by atoms with Crippen molar-refractivity contribution in [2.75, 3.05) is 72.6 Å². The molecule has 0 spiro atoms. The van der Waals surface area contributed by atoms with E-state index in [0.29, 0.717) is 56.8 Å². The van der Waals surface area contributed by atoms with Gasteiger partial charge >= 0.3 is 5.97 Å². The maximum absolute atomic E-state index is 12.5. The summed E-state index contributed by atoms with van der Waals surface area (Å²) in [6.45, 7) is 11.5. The third kappa shape index (κ3) is 7.65. The van der Waals surface area contributed by atoms with Crippen LogP contribution >= 0.6 is 11.6 Å². The van der Waals surface area contributed by atoms with Crippen molar-refractivity contribution in [2.24, 2.45) is 5.92 Å². The number of methoxy groups -OCH3 is 1. The Morgan fingerprint density at radius 1 is 1.15 bits per heavy atom. The van der Waals surface area contributed by atoms with E-state index in [1.807, 2.05) is 18.2 Å². The smallest absolute Gasteiger partial charge is 0.327 e. The number of carbonyl (C=O) groups is 2. The Balaban J connectivity index is 1.45.